The van der Waals surface area contributed by atoms with Gasteiger partial charge in [0.15, 0.2) is 0 Å². The second-order valence-corrected chi connectivity index (χ2v) is 3.34. The third kappa shape index (κ3) is 3.99. The number of amides is 1. The summed E-state index contributed by atoms with van der Waals surface area (Å²) in [7, 11) is 0. The second-order valence-electron chi connectivity index (χ2n) is 3.34. The molecule has 1 rings (SSSR count). The molecule has 0 bridgehead atoms. The molecule has 1 amide bonds. The van der Waals surface area contributed by atoms with Crippen molar-refractivity contribution in [1.82, 2.24) is 0 Å². The van der Waals surface area contributed by atoms with Gasteiger partial charge in [-0.1, -0.05) is 36.9 Å². The van der Waals surface area contributed by atoms with E-state index >= 15 is 0 Å². The average molecular weight is 229 g/mol. The molecule has 0 aliphatic carbocycles. The molecule has 0 aromatic heterocycles. The van der Waals surface area contributed by atoms with Crippen LogP contribution in [-0.2, 0) is 4.79 Å². The molecule has 0 fully saturated rings. The van der Waals surface area contributed by atoms with Gasteiger partial charge < -0.3 is 10.5 Å². The number of ether oxygens (including phenoxy) is 1. The fraction of sp³-hybridized carbons (Fsp3) is 0.0714. The first-order valence-corrected chi connectivity index (χ1v) is 5.18. The molecule has 0 atom stereocenters. The largest absolute Gasteiger partial charge is 0.461 e. The lowest BCUT2D eigenvalue weighted by Gasteiger charge is -2.08. The van der Waals surface area contributed by atoms with Crippen molar-refractivity contribution < 1.29 is 9.53 Å². The number of hydrogen-bond acceptors (Lipinski definition) is 2. The molecule has 0 radical (unpaired) electrons. The summed E-state index contributed by atoms with van der Waals surface area (Å²) in [5, 5.41) is 0. The van der Waals surface area contributed by atoms with E-state index in [-0.39, 0.29) is 0 Å². The highest BCUT2D eigenvalue weighted by atomic mass is 16.5. The smallest absolute Gasteiger partial charge is 0.252 e. The highest BCUT2D eigenvalue weighted by Gasteiger charge is 2.07. The van der Waals surface area contributed by atoms with Gasteiger partial charge in [-0.2, -0.15) is 0 Å². The minimum absolute atomic E-state index is 0.328. The van der Waals surface area contributed by atoms with E-state index in [1.807, 2.05) is 18.2 Å². The van der Waals surface area contributed by atoms with Gasteiger partial charge in [0, 0.05) is 0 Å². The van der Waals surface area contributed by atoms with Crippen LogP contribution in [0.25, 0.3) is 0 Å². The van der Waals surface area contributed by atoms with Gasteiger partial charge in [0.2, 0.25) is 0 Å². The standard InChI is InChI=1S/C14H15NO2/c1-3-4-10-13(14(15)16)11(2)17-12-8-6-5-7-9-12/h3-10H,1H2,2H3,(H2,15,16)/b10-4-,13-11-. The van der Waals surface area contributed by atoms with Crippen molar-refractivity contribution in [1.29, 1.82) is 0 Å². The van der Waals surface area contributed by atoms with E-state index < -0.39 is 5.91 Å². The van der Waals surface area contributed by atoms with Gasteiger partial charge >= 0.3 is 0 Å². The number of carbonyl (C=O) groups excluding carboxylic acids is 1. The van der Waals surface area contributed by atoms with Crippen molar-refractivity contribution in [2.24, 2.45) is 5.73 Å². The average Bonchev–Trinajstić information content (AvgIpc) is 2.30. The van der Waals surface area contributed by atoms with Gasteiger partial charge in [-0.25, -0.2) is 0 Å². The third-order valence-electron chi connectivity index (χ3n) is 2.06. The summed E-state index contributed by atoms with van der Waals surface area (Å²) in [6, 6.07) is 9.20. The molecule has 3 heteroatoms. The van der Waals surface area contributed by atoms with Crippen molar-refractivity contribution in [2.75, 3.05) is 0 Å². The summed E-state index contributed by atoms with van der Waals surface area (Å²) in [5.41, 5.74) is 5.60. The minimum Gasteiger partial charge on any atom is -0.461 e. The van der Waals surface area contributed by atoms with E-state index in [1.165, 1.54) is 0 Å². The Morgan fingerprint density at radius 2 is 2.00 bits per heavy atom. The van der Waals surface area contributed by atoms with E-state index in [0.29, 0.717) is 17.1 Å². The molecule has 0 unspecified atom stereocenters. The summed E-state index contributed by atoms with van der Waals surface area (Å²) in [4.78, 5) is 11.2. The van der Waals surface area contributed by atoms with E-state index in [2.05, 4.69) is 6.58 Å². The third-order valence-corrected chi connectivity index (χ3v) is 2.06. The Balaban J connectivity index is 2.96. The van der Waals surface area contributed by atoms with Crippen molar-refractivity contribution in [3.8, 4) is 5.75 Å². The Morgan fingerprint density at radius 3 is 2.53 bits per heavy atom. The van der Waals surface area contributed by atoms with Crippen LogP contribution >= 0.6 is 0 Å². The highest BCUT2D eigenvalue weighted by Crippen LogP contribution is 2.15. The Kier molecular flexibility index (Phi) is 4.76. The first-order chi connectivity index (χ1) is 8.15. The van der Waals surface area contributed by atoms with Crippen molar-refractivity contribution >= 4 is 5.91 Å². The maximum atomic E-state index is 11.2. The summed E-state index contributed by atoms with van der Waals surface area (Å²) in [6.45, 7) is 5.23. The Bertz CT molecular complexity index is 458. The van der Waals surface area contributed by atoms with Crippen LogP contribution in [0.2, 0.25) is 0 Å². The number of para-hydroxylation sites is 1. The van der Waals surface area contributed by atoms with Crippen LogP contribution < -0.4 is 10.5 Å². The van der Waals surface area contributed by atoms with E-state index in [0.717, 1.165) is 0 Å². The molecule has 0 spiro atoms. The number of primary amides is 1. The summed E-state index contributed by atoms with van der Waals surface area (Å²) < 4.78 is 5.53. The number of benzene rings is 1. The monoisotopic (exact) mass is 229 g/mol. The molecule has 0 aliphatic heterocycles. The number of nitrogens with two attached hydrogens (primary N) is 1. The molecule has 2 N–H and O–H groups in total. The Morgan fingerprint density at radius 1 is 1.35 bits per heavy atom. The lowest BCUT2D eigenvalue weighted by Crippen LogP contribution is -2.15. The number of carbonyl (C=O) groups is 1. The van der Waals surface area contributed by atoms with Gasteiger partial charge in [-0.05, 0) is 25.1 Å². The van der Waals surface area contributed by atoms with E-state index in [4.69, 9.17) is 10.5 Å². The summed E-state index contributed by atoms with van der Waals surface area (Å²) in [5.74, 6) is 0.592. The SMILES string of the molecule is C=C/C=C\C(C(N)=O)=C(/C)Oc1ccccc1. The summed E-state index contributed by atoms with van der Waals surface area (Å²) in [6.07, 6.45) is 4.78. The predicted molar refractivity (Wildman–Crippen MR) is 68.3 cm³/mol. The summed E-state index contributed by atoms with van der Waals surface area (Å²) >= 11 is 0. The molecule has 0 aliphatic rings. The molecule has 0 heterocycles. The lowest BCUT2D eigenvalue weighted by atomic mass is 10.2. The first-order valence-electron chi connectivity index (χ1n) is 5.18. The molecular weight excluding hydrogens is 214 g/mol. The van der Waals surface area contributed by atoms with Crippen LogP contribution in [0.15, 0.2) is 66.5 Å². The fourth-order valence-electron chi connectivity index (χ4n) is 1.26. The zero-order chi connectivity index (χ0) is 12.7. The Labute approximate surface area is 101 Å². The Hall–Kier alpha value is -2.29. The molecule has 88 valence electrons. The van der Waals surface area contributed by atoms with Gasteiger partial charge in [0.1, 0.15) is 11.5 Å². The van der Waals surface area contributed by atoms with Crippen LogP contribution in [0.3, 0.4) is 0 Å². The maximum Gasteiger partial charge on any atom is 0.252 e. The van der Waals surface area contributed by atoms with Crippen molar-refractivity contribution in [3.05, 3.63) is 66.5 Å². The quantitative estimate of drug-likeness (QED) is 0.479. The zero-order valence-corrected chi connectivity index (χ0v) is 9.72. The molecule has 3 nitrogen and oxygen atoms in total. The topological polar surface area (TPSA) is 52.3 Å². The second kappa shape index (κ2) is 6.33. The van der Waals surface area contributed by atoms with Gasteiger partial charge in [0.05, 0.1) is 5.57 Å². The van der Waals surface area contributed by atoms with Gasteiger partial charge in [0.25, 0.3) is 5.91 Å². The molecule has 1 aromatic rings. The maximum absolute atomic E-state index is 11.2. The minimum atomic E-state index is -0.531. The molecule has 1 aromatic carbocycles. The number of allylic oxidation sites excluding steroid dienone is 3. The van der Waals surface area contributed by atoms with Crippen LogP contribution in [0, 0.1) is 0 Å². The van der Waals surface area contributed by atoms with E-state index in [9.17, 15) is 4.79 Å². The normalized spacial score (nSPS) is 12.1. The zero-order valence-electron chi connectivity index (χ0n) is 9.72. The predicted octanol–water partition coefficient (Wildman–Crippen LogP) is 2.57. The van der Waals surface area contributed by atoms with Crippen molar-refractivity contribution in [2.45, 2.75) is 6.92 Å². The van der Waals surface area contributed by atoms with Crippen LogP contribution in [0.4, 0.5) is 0 Å². The van der Waals surface area contributed by atoms with Crippen molar-refractivity contribution in [3.63, 3.8) is 0 Å². The van der Waals surface area contributed by atoms with Crippen LogP contribution in [-0.4, -0.2) is 5.91 Å². The van der Waals surface area contributed by atoms with E-state index in [1.54, 1.807) is 37.3 Å². The first kappa shape index (κ1) is 12.8. The van der Waals surface area contributed by atoms with Crippen LogP contribution in [0.1, 0.15) is 6.92 Å². The molecule has 17 heavy (non-hydrogen) atoms. The fourth-order valence-corrected chi connectivity index (χ4v) is 1.26. The molecular formula is C14H15NO2. The van der Waals surface area contributed by atoms with Gasteiger partial charge in [-0.15, -0.1) is 0 Å². The number of rotatable bonds is 5. The molecule has 0 saturated carbocycles. The molecule has 0 saturated heterocycles. The highest BCUT2D eigenvalue weighted by molar-refractivity contribution is 5.95. The van der Waals surface area contributed by atoms with Gasteiger partial charge in [-0.3, -0.25) is 4.79 Å². The lowest BCUT2D eigenvalue weighted by molar-refractivity contribution is -0.114. The number of hydrogen-bond donors (Lipinski definition) is 1. The van der Waals surface area contributed by atoms with Crippen LogP contribution in [0.5, 0.6) is 5.75 Å².